The van der Waals surface area contributed by atoms with E-state index in [1.165, 1.54) is 54.9 Å². The van der Waals surface area contributed by atoms with Crippen LogP contribution in [0.3, 0.4) is 0 Å². The monoisotopic (exact) mass is 418 g/mol. The molecule has 1 aliphatic heterocycles. The highest BCUT2D eigenvalue weighted by atomic mass is 32.2. The minimum Gasteiger partial charge on any atom is -0.396 e. The number of hydrogen-bond donors (Lipinski definition) is 3. The first-order chi connectivity index (χ1) is 14.2. The van der Waals surface area contributed by atoms with Crippen molar-refractivity contribution in [2.45, 2.75) is 52.0 Å². The van der Waals surface area contributed by atoms with Gasteiger partial charge in [-0.05, 0) is 49.3 Å². The third-order valence-electron chi connectivity index (χ3n) is 6.26. The van der Waals surface area contributed by atoms with Crippen molar-refractivity contribution < 1.29 is 5.11 Å². The van der Waals surface area contributed by atoms with Gasteiger partial charge in [-0.15, -0.1) is 0 Å². The van der Waals surface area contributed by atoms with Crippen molar-refractivity contribution in [1.82, 2.24) is 10.6 Å². The fraction of sp³-hybridized carbons (Fsp3) is 0.696. The summed E-state index contributed by atoms with van der Waals surface area (Å²) in [4.78, 5) is 7.29. The van der Waals surface area contributed by atoms with Crippen LogP contribution in [0.5, 0.6) is 0 Å². The molecule has 0 radical (unpaired) electrons. The smallest absolute Gasteiger partial charge is 0.191 e. The fourth-order valence-corrected chi connectivity index (χ4v) is 5.37. The fourth-order valence-electron chi connectivity index (χ4n) is 4.47. The van der Waals surface area contributed by atoms with Crippen LogP contribution in [0.1, 0.15) is 51.0 Å². The van der Waals surface area contributed by atoms with Gasteiger partial charge in [0.05, 0.1) is 6.54 Å². The summed E-state index contributed by atoms with van der Waals surface area (Å²) in [7, 11) is 0. The molecule has 29 heavy (non-hydrogen) atoms. The lowest BCUT2D eigenvalue weighted by molar-refractivity contribution is 0.131. The van der Waals surface area contributed by atoms with E-state index >= 15 is 0 Å². The Balaban J connectivity index is 1.56. The van der Waals surface area contributed by atoms with E-state index in [0.717, 1.165) is 38.6 Å². The topological polar surface area (TPSA) is 59.9 Å². The molecule has 162 valence electrons. The van der Waals surface area contributed by atoms with Crippen molar-refractivity contribution in [2.24, 2.45) is 10.4 Å². The summed E-state index contributed by atoms with van der Waals surface area (Å²) in [5, 5.41) is 16.5. The van der Waals surface area contributed by atoms with Crippen LogP contribution in [0.15, 0.2) is 29.3 Å². The Labute approximate surface area is 180 Å². The van der Waals surface area contributed by atoms with Crippen LogP contribution in [-0.2, 0) is 6.54 Å². The summed E-state index contributed by atoms with van der Waals surface area (Å²) in [6.07, 6.45) is 7.17. The van der Waals surface area contributed by atoms with Gasteiger partial charge in [-0.1, -0.05) is 31.4 Å². The molecule has 6 heteroatoms. The Hall–Kier alpha value is -1.40. The molecule has 0 bridgehead atoms. The Morgan fingerprint density at radius 1 is 1.10 bits per heavy atom. The molecule has 1 saturated carbocycles. The van der Waals surface area contributed by atoms with Crippen molar-refractivity contribution in [3.8, 4) is 0 Å². The Bertz CT molecular complexity index is 617. The van der Waals surface area contributed by atoms with Crippen molar-refractivity contribution in [2.75, 3.05) is 49.2 Å². The van der Waals surface area contributed by atoms with Crippen LogP contribution < -0.4 is 15.5 Å². The summed E-state index contributed by atoms with van der Waals surface area (Å²) >= 11 is 2.04. The molecule has 0 aromatic heterocycles. The van der Waals surface area contributed by atoms with Crippen molar-refractivity contribution in [1.29, 1.82) is 0 Å². The number of guanidine groups is 1. The average molecular weight is 419 g/mol. The zero-order valence-corrected chi connectivity index (χ0v) is 18.8. The van der Waals surface area contributed by atoms with E-state index in [4.69, 9.17) is 4.99 Å². The number of nitrogens with one attached hydrogen (secondary N) is 2. The molecular weight excluding hydrogens is 380 g/mol. The molecule has 3 rings (SSSR count). The molecule has 0 spiro atoms. The second-order valence-corrected chi connectivity index (χ2v) is 9.57. The van der Waals surface area contributed by atoms with E-state index in [1.807, 2.05) is 11.8 Å². The number of hydrogen-bond acceptors (Lipinski definition) is 4. The molecular formula is C23H38N4OS. The van der Waals surface area contributed by atoms with Gasteiger partial charge in [-0.2, -0.15) is 11.8 Å². The first-order valence-corrected chi connectivity index (χ1v) is 12.4. The molecule has 0 amide bonds. The predicted molar refractivity (Wildman–Crippen MR) is 126 cm³/mol. The van der Waals surface area contributed by atoms with Crippen LogP contribution in [0.4, 0.5) is 5.69 Å². The van der Waals surface area contributed by atoms with Gasteiger partial charge in [-0.3, -0.25) is 0 Å². The molecule has 5 nitrogen and oxygen atoms in total. The van der Waals surface area contributed by atoms with Gasteiger partial charge in [0, 0.05) is 50.0 Å². The van der Waals surface area contributed by atoms with Gasteiger partial charge >= 0.3 is 0 Å². The first kappa shape index (κ1) is 22.3. The molecule has 0 atom stereocenters. The van der Waals surface area contributed by atoms with Crippen LogP contribution in [-0.4, -0.2) is 55.4 Å². The number of anilines is 1. The highest BCUT2D eigenvalue weighted by Crippen LogP contribution is 2.38. The second-order valence-electron chi connectivity index (χ2n) is 8.35. The maximum Gasteiger partial charge on any atom is 0.191 e. The maximum absolute atomic E-state index is 9.54. The van der Waals surface area contributed by atoms with E-state index in [2.05, 4.69) is 46.7 Å². The number of nitrogens with zero attached hydrogens (tertiary/aromatic N) is 2. The standard InChI is InChI=1S/C23H38N4OS/c1-2-24-22(26-19-23(12-15-28)10-4-3-5-11-23)25-18-20-6-8-21(9-7-20)27-13-16-29-17-14-27/h6-9,28H,2-5,10-19H2,1H3,(H2,24,25,26). The zero-order valence-electron chi connectivity index (χ0n) is 18.0. The molecule has 1 aliphatic carbocycles. The highest BCUT2D eigenvalue weighted by Gasteiger charge is 2.31. The van der Waals surface area contributed by atoms with Crippen molar-refractivity contribution >= 4 is 23.4 Å². The number of benzene rings is 1. The first-order valence-electron chi connectivity index (χ1n) is 11.3. The van der Waals surface area contributed by atoms with E-state index in [1.54, 1.807) is 0 Å². The van der Waals surface area contributed by atoms with Crippen LogP contribution in [0, 0.1) is 5.41 Å². The number of aliphatic imine (C=N–C) groups is 1. The summed E-state index contributed by atoms with van der Waals surface area (Å²) in [6.45, 7) is 7.09. The zero-order chi connectivity index (χ0) is 20.4. The van der Waals surface area contributed by atoms with E-state index in [0.29, 0.717) is 6.54 Å². The number of aliphatic hydroxyl groups is 1. The molecule has 1 saturated heterocycles. The summed E-state index contributed by atoms with van der Waals surface area (Å²) < 4.78 is 0. The van der Waals surface area contributed by atoms with E-state index in [-0.39, 0.29) is 12.0 Å². The van der Waals surface area contributed by atoms with Crippen molar-refractivity contribution in [3.05, 3.63) is 29.8 Å². The predicted octanol–water partition coefficient (Wildman–Crippen LogP) is 3.63. The molecule has 1 heterocycles. The van der Waals surface area contributed by atoms with Crippen LogP contribution in [0.2, 0.25) is 0 Å². The minimum atomic E-state index is 0.220. The number of aliphatic hydroxyl groups excluding tert-OH is 1. The molecule has 2 fully saturated rings. The summed E-state index contributed by atoms with van der Waals surface area (Å²) in [5.74, 6) is 3.33. The van der Waals surface area contributed by atoms with Gasteiger partial charge in [0.1, 0.15) is 0 Å². The van der Waals surface area contributed by atoms with Crippen LogP contribution in [0.25, 0.3) is 0 Å². The Morgan fingerprint density at radius 2 is 1.83 bits per heavy atom. The lowest BCUT2D eigenvalue weighted by Gasteiger charge is -2.37. The molecule has 3 N–H and O–H groups in total. The summed E-state index contributed by atoms with van der Waals surface area (Å²) in [5.41, 5.74) is 2.78. The number of thioether (sulfide) groups is 1. The number of rotatable bonds is 8. The SMILES string of the molecule is CCNC(=NCc1ccc(N2CCSCC2)cc1)NCC1(CCO)CCCCC1. The quantitative estimate of drug-likeness (QED) is 0.445. The highest BCUT2D eigenvalue weighted by molar-refractivity contribution is 7.99. The maximum atomic E-state index is 9.54. The lowest BCUT2D eigenvalue weighted by Crippen LogP contribution is -2.44. The minimum absolute atomic E-state index is 0.220. The van der Waals surface area contributed by atoms with E-state index in [9.17, 15) is 5.11 Å². The largest absolute Gasteiger partial charge is 0.396 e. The van der Waals surface area contributed by atoms with Gasteiger partial charge in [0.25, 0.3) is 0 Å². The third kappa shape index (κ3) is 6.82. The third-order valence-corrected chi connectivity index (χ3v) is 7.21. The lowest BCUT2D eigenvalue weighted by atomic mass is 9.72. The molecule has 1 aromatic rings. The summed E-state index contributed by atoms with van der Waals surface area (Å²) in [6, 6.07) is 8.88. The normalized spacial score (nSPS) is 19.8. The molecule has 1 aromatic carbocycles. The Kier molecular flexibility index (Phi) is 8.99. The van der Waals surface area contributed by atoms with Crippen LogP contribution >= 0.6 is 11.8 Å². The second kappa shape index (κ2) is 11.7. The molecule has 0 unspecified atom stereocenters. The van der Waals surface area contributed by atoms with Gasteiger partial charge in [-0.25, -0.2) is 4.99 Å². The average Bonchev–Trinajstić information content (AvgIpc) is 2.77. The van der Waals surface area contributed by atoms with Gasteiger partial charge in [0.15, 0.2) is 5.96 Å². The van der Waals surface area contributed by atoms with Gasteiger partial charge in [0.2, 0.25) is 0 Å². The molecule has 2 aliphatic rings. The van der Waals surface area contributed by atoms with Gasteiger partial charge < -0.3 is 20.6 Å². The van der Waals surface area contributed by atoms with Crippen molar-refractivity contribution in [3.63, 3.8) is 0 Å². The Morgan fingerprint density at radius 3 is 2.48 bits per heavy atom. The van der Waals surface area contributed by atoms with E-state index < -0.39 is 0 Å².